The van der Waals surface area contributed by atoms with Crippen molar-refractivity contribution in [2.24, 2.45) is 5.10 Å². The Labute approximate surface area is 114 Å². The maximum atomic E-state index is 5.90. The summed E-state index contributed by atoms with van der Waals surface area (Å²) in [5, 5.41) is 14.3. The summed E-state index contributed by atoms with van der Waals surface area (Å²) in [5.74, 6) is 0.517. The van der Waals surface area contributed by atoms with Gasteiger partial charge in [-0.15, -0.1) is 10.2 Å². The van der Waals surface area contributed by atoms with E-state index in [0.29, 0.717) is 23.0 Å². The van der Waals surface area contributed by atoms with E-state index in [0.717, 1.165) is 5.71 Å². The first-order valence-electron chi connectivity index (χ1n) is 5.19. The Balaban J connectivity index is 2.42. The van der Waals surface area contributed by atoms with Crippen LogP contribution >= 0.6 is 23.2 Å². The van der Waals surface area contributed by atoms with E-state index < -0.39 is 0 Å². The second kappa shape index (κ2) is 5.17. The third-order valence-corrected chi connectivity index (χ3v) is 2.64. The molecule has 0 aromatic carbocycles. The van der Waals surface area contributed by atoms with Crippen LogP contribution in [-0.4, -0.2) is 52.0 Å². The van der Waals surface area contributed by atoms with Crippen molar-refractivity contribution in [3.8, 4) is 5.75 Å². The van der Waals surface area contributed by atoms with Gasteiger partial charge < -0.3 is 4.84 Å². The molecule has 0 bridgehead atoms. The fourth-order valence-electron chi connectivity index (χ4n) is 1.57. The largest absolute Gasteiger partial charge is 0.404 e. The van der Waals surface area contributed by atoms with Gasteiger partial charge >= 0.3 is 0 Å². The summed E-state index contributed by atoms with van der Waals surface area (Å²) in [6.07, 6.45) is 0.498. The molecule has 0 aliphatic carbocycles. The number of hydrogen-bond donors (Lipinski definition) is 0. The Kier molecular flexibility index (Phi) is 3.79. The summed E-state index contributed by atoms with van der Waals surface area (Å²) in [4.78, 5) is 5.53. The van der Waals surface area contributed by atoms with Gasteiger partial charge in [-0.1, -0.05) is 27.9 Å². The molecule has 2 heterocycles. The molecule has 0 amide bonds. The van der Waals surface area contributed by atoms with Crippen LogP contribution in [0.4, 0.5) is 0 Å². The van der Waals surface area contributed by atoms with Crippen LogP contribution in [0.2, 0.25) is 5.15 Å². The SMILES string of the molecule is CN(C)Oc1cc(Cl)nnc1C1=[N+](C)N=C(Cl)C1. The number of hydrazone groups is 1. The first-order valence-corrected chi connectivity index (χ1v) is 5.94. The average Bonchev–Trinajstić information content (AvgIpc) is 2.57. The smallest absolute Gasteiger partial charge is 0.246 e. The molecule has 1 aliphatic rings. The summed E-state index contributed by atoms with van der Waals surface area (Å²) >= 11 is 11.7. The van der Waals surface area contributed by atoms with Crippen LogP contribution in [0.5, 0.6) is 5.75 Å². The molecule has 0 spiro atoms. The van der Waals surface area contributed by atoms with E-state index in [1.54, 1.807) is 37.0 Å². The number of aromatic nitrogens is 2. The molecule has 0 saturated heterocycles. The van der Waals surface area contributed by atoms with Crippen molar-refractivity contribution in [1.29, 1.82) is 0 Å². The third-order valence-electron chi connectivity index (χ3n) is 2.25. The third kappa shape index (κ3) is 2.77. The zero-order chi connectivity index (χ0) is 13.3. The topological polar surface area (TPSA) is 53.6 Å². The molecular formula is C10H12Cl2N5O+. The van der Waals surface area contributed by atoms with Crippen molar-refractivity contribution < 1.29 is 9.52 Å². The molecule has 2 rings (SSSR count). The fraction of sp³-hybridized carbons (Fsp3) is 0.400. The first-order chi connectivity index (χ1) is 8.47. The Bertz CT molecular complexity index is 541. The van der Waals surface area contributed by atoms with E-state index in [2.05, 4.69) is 15.3 Å². The highest BCUT2D eigenvalue weighted by atomic mass is 35.5. The Hall–Kier alpha value is -1.24. The number of rotatable bonds is 3. The predicted octanol–water partition coefficient (Wildman–Crippen LogP) is 1.37. The van der Waals surface area contributed by atoms with Crippen LogP contribution in [-0.2, 0) is 0 Å². The minimum Gasteiger partial charge on any atom is -0.404 e. The van der Waals surface area contributed by atoms with E-state index >= 15 is 0 Å². The van der Waals surface area contributed by atoms with Gasteiger partial charge in [-0.3, -0.25) is 0 Å². The lowest BCUT2D eigenvalue weighted by molar-refractivity contribution is -0.498. The van der Waals surface area contributed by atoms with Crippen molar-refractivity contribution >= 4 is 34.1 Å². The van der Waals surface area contributed by atoms with E-state index in [-0.39, 0.29) is 5.15 Å². The van der Waals surface area contributed by atoms with Crippen LogP contribution in [0.15, 0.2) is 11.2 Å². The van der Waals surface area contributed by atoms with Gasteiger partial charge in [0.1, 0.15) is 0 Å². The lowest BCUT2D eigenvalue weighted by Gasteiger charge is -2.13. The monoisotopic (exact) mass is 288 g/mol. The highest BCUT2D eigenvalue weighted by Gasteiger charge is 2.29. The van der Waals surface area contributed by atoms with Crippen molar-refractivity contribution in [2.45, 2.75) is 6.42 Å². The maximum absolute atomic E-state index is 5.90. The Morgan fingerprint density at radius 2 is 2.06 bits per heavy atom. The second-order valence-corrected chi connectivity index (χ2v) is 4.73. The lowest BCUT2D eigenvalue weighted by Crippen LogP contribution is -2.21. The van der Waals surface area contributed by atoms with Crippen molar-refractivity contribution in [2.75, 3.05) is 21.1 Å². The van der Waals surface area contributed by atoms with Gasteiger partial charge in [0.25, 0.3) is 0 Å². The molecule has 96 valence electrons. The highest BCUT2D eigenvalue weighted by Crippen LogP contribution is 2.23. The van der Waals surface area contributed by atoms with E-state index in [1.165, 1.54) is 0 Å². The van der Waals surface area contributed by atoms with Crippen molar-refractivity contribution in [1.82, 2.24) is 15.3 Å². The van der Waals surface area contributed by atoms with Crippen LogP contribution in [0.1, 0.15) is 12.1 Å². The molecule has 1 aliphatic heterocycles. The van der Waals surface area contributed by atoms with Gasteiger partial charge in [-0.2, -0.15) is 5.06 Å². The van der Waals surface area contributed by atoms with Gasteiger partial charge in [0, 0.05) is 25.3 Å². The fourth-order valence-corrected chi connectivity index (χ4v) is 1.94. The molecule has 0 fully saturated rings. The molecule has 0 unspecified atom stereocenters. The molecule has 1 aromatic rings. The minimum absolute atomic E-state index is 0.267. The maximum Gasteiger partial charge on any atom is 0.246 e. The molecule has 0 atom stereocenters. The van der Waals surface area contributed by atoms with Crippen LogP contribution in [0, 0.1) is 0 Å². The summed E-state index contributed by atoms with van der Waals surface area (Å²) in [6.45, 7) is 0. The van der Waals surface area contributed by atoms with Gasteiger partial charge in [0.2, 0.25) is 5.71 Å². The summed E-state index contributed by atoms with van der Waals surface area (Å²) < 4.78 is 1.66. The molecule has 0 radical (unpaired) electrons. The van der Waals surface area contributed by atoms with Crippen LogP contribution in [0.25, 0.3) is 0 Å². The van der Waals surface area contributed by atoms with Crippen molar-refractivity contribution in [3.05, 3.63) is 16.9 Å². The number of hydroxylamine groups is 2. The standard InChI is InChI=1S/C10H12Cl2N5O/c1-16(2)18-7-5-8(11)13-14-10(7)6-4-9(12)15-17(6)3/h5H,4H2,1-3H3/q+1. The molecular weight excluding hydrogens is 277 g/mol. The Morgan fingerprint density at radius 3 is 2.61 bits per heavy atom. The predicted molar refractivity (Wildman–Crippen MR) is 69.6 cm³/mol. The van der Waals surface area contributed by atoms with Crippen LogP contribution in [0.3, 0.4) is 0 Å². The molecule has 6 nitrogen and oxygen atoms in total. The second-order valence-electron chi connectivity index (χ2n) is 3.91. The molecule has 18 heavy (non-hydrogen) atoms. The van der Waals surface area contributed by atoms with Gasteiger partial charge in [0.15, 0.2) is 28.8 Å². The van der Waals surface area contributed by atoms with E-state index in [9.17, 15) is 0 Å². The Morgan fingerprint density at radius 1 is 1.33 bits per heavy atom. The zero-order valence-corrected chi connectivity index (χ0v) is 11.7. The number of nitrogens with zero attached hydrogens (tertiary/aromatic N) is 5. The quantitative estimate of drug-likeness (QED) is 0.623. The van der Waals surface area contributed by atoms with Crippen LogP contribution < -0.4 is 4.84 Å². The summed E-state index contributed by atoms with van der Waals surface area (Å²) in [7, 11) is 5.33. The van der Waals surface area contributed by atoms with Gasteiger partial charge in [0.05, 0.1) is 6.42 Å². The minimum atomic E-state index is 0.267. The van der Waals surface area contributed by atoms with Crippen molar-refractivity contribution in [3.63, 3.8) is 0 Å². The van der Waals surface area contributed by atoms with Gasteiger partial charge in [-0.05, 0) is 0 Å². The average molecular weight is 289 g/mol. The first kappa shape index (κ1) is 13.2. The number of halogens is 2. The highest BCUT2D eigenvalue weighted by molar-refractivity contribution is 6.67. The lowest BCUT2D eigenvalue weighted by atomic mass is 10.2. The molecule has 1 aromatic heterocycles. The summed E-state index contributed by atoms with van der Waals surface area (Å²) in [6, 6.07) is 1.61. The zero-order valence-electron chi connectivity index (χ0n) is 10.2. The molecule has 0 N–H and O–H groups in total. The molecule has 0 saturated carbocycles. The summed E-state index contributed by atoms with van der Waals surface area (Å²) in [5.41, 5.74) is 1.40. The normalized spacial score (nSPS) is 15.3. The van der Waals surface area contributed by atoms with Gasteiger partial charge in [-0.25, -0.2) is 0 Å². The molecule has 8 heteroatoms. The van der Waals surface area contributed by atoms with E-state index in [4.69, 9.17) is 28.0 Å². The van der Waals surface area contributed by atoms with E-state index in [1.807, 2.05) is 0 Å². The number of hydrogen-bond acceptors (Lipinski definition) is 5.